The lowest BCUT2D eigenvalue weighted by Crippen LogP contribution is -2.20. The van der Waals surface area contributed by atoms with Gasteiger partial charge in [-0.3, -0.25) is 4.79 Å². The number of carbonyl (C=O) groups excluding carboxylic acids is 1. The van der Waals surface area contributed by atoms with Crippen molar-refractivity contribution in [3.63, 3.8) is 0 Å². The third-order valence-electron chi connectivity index (χ3n) is 3.61. The summed E-state index contributed by atoms with van der Waals surface area (Å²) < 4.78 is 13.2. The number of aromatic nitrogens is 4. The number of rotatable bonds is 4. The molecule has 0 saturated carbocycles. The molecule has 6 nitrogen and oxygen atoms in total. The minimum Gasteiger partial charge on any atom is -0.324 e. The van der Waals surface area contributed by atoms with Crippen molar-refractivity contribution in [1.82, 2.24) is 20.2 Å². The molecule has 0 atom stereocenters. The maximum Gasteiger partial charge on any atom is 0.248 e. The van der Waals surface area contributed by atoms with Crippen molar-refractivity contribution in [3.05, 3.63) is 59.4 Å². The molecule has 0 aliphatic rings. The first-order valence-corrected chi connectivity index (χ1v) is 7.42. The van der Waals surface area contributed by atoms with Gasteiger partial charge >= 0.3 is 0 Å². The maximum atomic E-state index is 13.2. The molecule has 0 unspecified atom stereocenters. The van der Waals surface area contributed by atoms with Crippen LogP contribution in [0.3, 0.4) is 0 Å². The van der Waals surface area contributed by atoms with Crippen LogP contribution in [-0.2, 0) is 11.3 Å². The van der Waals surface area contributed by atoms with Crippen LogP contribution in [0.1, 0.15) is 11.1 Å². The summed E-state index contributed by atoms with van der Waals surface area (Å²) >= 11 is 0. The number of nitrogens with zero attached hydrogens (tertiary/aromatic N) is 4. The van der Waals surface area contributed by atoms with Crippen molar-refractivity contribution in [2.75, 3.05) is 5.32 Å². The second-order valence-electron chi connectivity index (χ2n) is 5.50. The molecule has 122 valence electrons. The number of aryl methyl sites for hydroxylation is 2. The predicted molar refractivity (Wildman–Crippen MR) is 87.8 cm³/mol. The largest absolute Gasteiger partial charge is 0.324 e. The highest BCUT2D eigenvalue weighted by molar-refractivity contribution is 5.90. The summed E-state index contributed by atoms with van der Waals surface area (Å²) in [6, 6.07) is 11.6. The van der Waals surface area contributed by atoms with Crippen LogP contribution in [0.15, 0.2) is 42.5 Å². The average molecular weight is 325 g/mol. The molecular formula is C17H16FN5O. The van der Waals surface area contributed by atoms with E-state index in [1.54, 1.807) is 12.1 Å². The lowest BCUT2D eigenvalue weighted by atomic mass is 10.1. The molecule has 1 amide bonds. The van der Waals surface area contributed by atoms with Crippen LogP contribution in [0, 0.1) is 19.7 Å². The Morgan fingerprint density at radius 1 is 1.17 bits per heavy atom. The zero-order chi connectivity index (χ0) is 17.1. The van der Waals surface area contributed by atoms with Gasteiger partial charge < -0.3 is 5.32 Å². The van der Waals surface area contributed by atoms with Crippen molar-refractivity contribution in [2.45, 2.75) is 20.4 Å². The fourth-order valence-electron chi connectivity index (χ4n) is 2.20. The molecule has 1 aromatic heterocycles. The first kappa shape index (κ1) is 15.8. The Hall–Kier alpha value is -3.09. The van der Waals surface area contributed by atoms with E-state index < -0.39 is 0 Å². The van der Waals surface area contributed by atoms with Gasteiger partial charge in [0.05, 0.1) is 0 Å². The van der Waals surface area contributed by atoms with Crippen molar-refractivity contribution in [1.29, 1.82) is 0 Å². The first-order chi connectivity index (χ1) is 11.5. The van der Waals surface area contributed by atoms with Crippen LogP contribution in [0.4, 0.5) is 10.1 Å². The molecule has 0 aliphatic heterocycles. The predicted octanol–water partition coefficient (Wildman–Crippen LogP) is 2.73. The Kier molecular flexibility index (Phi) is 4.33. The van der Waals surface area contributed by atoms with Gasteiger partial charge in [-0.15, -0.1) is 10.2 Å². The summed E-state index contributed by atoms with van der Waals surface area (Å²) in [4.78, 5) is 13.3. The third-order valence-corrected chi connectivity index (χ3v) is 3.61. The molecule has 0 bridgehead atoms. The highest BCUT2D eigenvalue weighted by Crippen LogP contribution is 2.15. The molecule has 1 N–H and O–H groups in total. The highest BCUT2D eigenvalue weighted by atomic mass is 19.1. The van der Waals surface area contributed by atoms with E-state index in [4.69, 9.17) is 0 Å². The number of hydrogen-bond acceptors (Lipinski definition) is 4. The molecule has 3 aromatic rings. The van der Waals surface area contributed by atoms with Crippen molar-refractivity contribution in [2.24, 2.45) is 0 Å². The number of anilines is 1. The molecule has 1 heterocycles. The lowest BCUT2D eigenvalue weighted by molar-refractivity contribution is -0.117. The Balaban J connectivity index is 1.68. The number of nitrogens with one attached hydrogen (secondary N) is 1. The summed E-state index contributed by atoms with van der Waals surface area (Å²) in [5, 5.41) is 14.6. The average Bonchev–Trinajstić information content (AvgIpc) is 2.99. The van der Waals surface area contributed by atoms with Gasteiger partial charge in [-0.2, -0.15) is 4.80 Å². The maximum absolute atomic E-state index is 13.2. The van der Waals surface area contributed by atoms with Crippen LogP contribution < -0.4 is 5.32 Å². The third kappa shape index (κ3) is 3.62. The fourth-order valence-corrected chi connectivity index (χ4v) is 2.20. The summed E-state index contributed by atoms with van der Waals surface area (Å²) in [6.07, 6.45) is 0. The monoisotopic (exact) mass is 325 g/mol. The minimum absolute atomic E-state index is 0.0742. The normalized spacial score (nSPS) is 10.6. The van der Waals surface area contributed by atoms with Gasteiger partial charge in [0.15, 0.2) is 0 Å². The number of hydrogen-bond donors (Lipinski definition) is 1. The van der Waals surface area contributed by atoms with Crippen LogP contribution in [-0.4, -0.2) is 26.1 Å². The Bertz CT molecular complexity index is 890. The molecule has 0 spiro atoms. The van der Waals surface area contributed by atoms with Crippen LogP contribution >= 0.6 is 0 Å². The molecule has 0 saturated heterocycles. The minimum atomic E-state index is -0.378. The number of amides is 1. The topological polar surface area (TPSA) is 72.7 Å². The van der Waals surface area contributed by atoms with E-state index in [0.717, 1.165) is 11.1 Å². The number of carbonyl (C=O) groups is 1. The second-order valence-corrected chi connectivity index (χ2v) is 5.50. The molecule has 0 fully saturated rings. The summed E-state index contributed by atoms with van der Waals surface area (Å²) in [7, 11) is 0. The van der Waals surface area contributed by atoms with E-state index in [1.165, 1.54) is 16.9 Å². The summed E-state index contributed by atoms with van der Waals surface area (Å²) in [5.74, 6) is -0.369. The number of benzene rings is 2. The van der Waals surface area contributed by atoms with E-state index in [9.17, 15) is 9.18 Å². The van der Waals surface area contributed by atoms with Gasteiger partial charge in [-0.25, -0.2) is 4.39 Å². The molecule has 0 aliphatic carbocycles. The van der Waals surface area contributed by atoms with Gasteiger partial charge in [0.2, 0.25) is 11.7 Å². The van der Waals surface area contributed by atoms with Gasteiger partial charge in [-0.1, -0.05) is 18.2 Å². The highest BCUT2D eigenvalue weighted by Gasteiger charge is 2.10. The molecule has 2 aromatic carbocycles. The molecule has 3 rings (SSSR count). The van der Waals surface area contributed by atoms with Gasteiger partial charge in [0.1, 0.15) is 12.4 Å². The van der Waals surface area contributed by atoms with Crippen LogP contribution in [0.5, 0.6) is 0 Å². The number of halogens is 1. The van der Waals surface area contributed by atoms with E-state index in [0.29, 0.717) is 11.3 Å². The van der Waals surface area contributed by atoms with E-state index >= 15 is 0 Å². The number of tetrazole rings is 1. The second kappa shape index (κ2) is 6.57. The SMILES string of the molecule is Cc1ccc(NC(=O)Cn2nnc(-c3cccc(F)c3)n2)cc1C. The first-order valence-electron chi connectivity index (χ1n) is 7.42. The van der Waals surface area contributed by atoms with E-state index in [1.807, 2.05) is 32.0 Å². The summed E-state index contributed by atoms with van der Waals surface area (Å²) in [5.41, 5.74) is 3.48. The Morgan fingerprint density at radius 2 is 2.00 bits per heavy atom. The van der Waals surface area contributed by atoms with Crippen molar-refractivity contribution >= 4 is 11.6 Å². The molecule has 7 heteroatoms. The molecule has 24 heavy (non-hydrogen) atoms. The van der Waals surface area contributed by atoms with Gasteiger partial charge in [-0.05, 0) is 54.5 Å². The Labute approximate surface area is 138 Å². The zero-order valence-corrected chi connectivity index (χ0v) is 13.3. The van der Waals surface area contributed by atoms with Gasteiger partial charge in [0.25, 0.3) is 0 Å². The zero-order valence-electron chi connectivity index (χ0n) is 13.3. The van der Waals surface area contributed by atoms with Crippen LogP contribution in [0.25, 0.3) is 11.4 Å². The smallest absolute Gasteiger partial charge is 0.248 e. The Morgan fingerprint density at radius 3 is 2.75 bits per heavy atom. The standard InChI is InChI=1S/C17H16FN5O/c1-11-6-7-15(8-12(11)2)19-16(24)10-23-21-17(20-22-23)13-4-3-5-14(18)9-13/h3-9H,10H2,1-2H3,(H,19,24). The van der Waals surface area contributed by atoms with Crippen LogP contribution in [0.2, 0.25) is 0 Å². The van der Waals surface area contributed by atoms with Crippen molar-refractivity contribution < 1.29 is 9.18 Å². The van der Waals surface area contributed by atoms with E-state index in [2.05, 4.69) is 20.7 Å². The van der Waals surface area contributed by atoms with Gasteiger partial charge in [0, 0.05) is 11.3 Å². The molecular weight excluding hydrogens is 309 g/mol. The van der Waals surface area contributed by atoms with Crippen molar-refractivity contribution in [3.8, 4) is 11.4 Å². The fraction of sp³-hybridized carbons (Fsp3) is 0.176. The summed E-state index contributed by atoms with van der Waals surface area (Å²) in [6.45, 7) is 3.92. The molecule has 0 radical (unpaired) electrons. The quantitative estimate of drug-likeness (QED) is 0.800. The lowest BCUT2D eigenvalue weighted by Gasteiger charge is -2.07. The van der Waals surface area contributed by atoms with E-state index in [-0.39, 0.29) is 24.1 Å².